The molecule has 0 atom stereocenters. The van der Waals surface area contributed by atoms with Gasteiger partial charge in [0.2, 0.25) is 0 Å². The van der Waals surface area contributed by atoms with Crippen LogP contribution in [0.2, 0.25) is 0 Å². The molecule has 1 aliphatic rings. The fraction of sp³-hybridized carbons (Fsp3) is 0.208. The zero-order valence-corrected chi connectivity index (χ0v) is 17.0. The number of hydrogen-bond acceptors (Lipinski definition) is 5. The van der Waals surface area contributed by atoms with Crippen molar-refractivity contribution in [1.82, 2.24) is 24.6 Å². The summed E-state index contributed by atoms with van der Waals surface area (Å²) in [6, 6.07) is 18.1. The predicted octanol–water partition coefficient (Wildman–Crippen LogP) is 3.68. The summed E-state index contributed by atoms with van der Waals surface area (Å²) >= 11 is 0. The monoisotopic (exact) mass is 396 g/mol. The van der Waals surface area contributed by atoms with Crippen LogP contribution < -0.4 is 5.73 Å². The maximum absolute atomic E-state index is 5.79. The van der Waals surface area contributed by atoms with Gasteiger partial charge in [-0.2, -0.15) is 5.10 Å². The van der Waals surface area contributed by atoms with E-state index in [-0.39, 0.29) is 0 Å². The minimum absolute atomic E-state index is 0.748. The largest absolute Gasteiger partial charge is 0.399 e. The molecule has 6 heteroatoms. The van der Waals surface area contributed by atoms with Crippen LogP contribution in [0, 0.1) is 0 Å². The number of nitrogens with zero attached hydrogens (tertiary/aromatic N) is 5. The highest BCUT2D eigenvalue weighted by molar-refractivity contribution is 5.62. The SMILES string of the molecule is Cn1cc(CN2CCc3nc(-c4ccc(N)cc4)ncc3C2)c(-c2ccccc2)n1. The zero-order valence-electron chi connectivity index (χ0n) is 17.0. The molecular formula is C24H24N6. The van der Waals surface area contributed by atoms with E-state index < -0.39 is 0 Å². The highest BCUT2D eigenvalue weighted by Crippen LogP contribution is 2.26. The number of anilines is 1. The molecule has 0 bridgehead atoms. The van der Waals surface area contributed by atoms with Gasteiger partial charge in [0.25, 0.3) is 0 Å². The molecule has 5 rings (SSSR count). The summed E-state index contributed by atoms with van der Waals surface area (Å²) in [5, 5.41) is 4.70. The van der Waals surface area contributed by atoms with Gasteiger partial charge in [0.05, 0.1) is 11.4 Å². The van der Waals surface area contributed by atoms with Crippen molar-refractivity contribution in [1.29, 1.82) is 0 Å². The van der Waals surface area contributed by atoms with Gasteiger partial charge < -0.3 is 5.73 Å². The highest BCUT2D eigenvalue weighted by atomic mass is 15.3. The fourth-order valence-electron chi connectivity index (χ4n) is 4.01. The Labute approximate surface area is 176 Å². The van der Waals surface area contributed by atoms with Gasteiger partial charge >= 0.3 is 0 Å². The van der Waals surface area contributed by atoms with Gasteiger partial charge in [0.15, 0.2) is 5.82 Å². The summed E-state index contributed by atoms with van der Waals surface area (Å²) in [6.45, 7) is 2.67. The third-order valence-corrected chi connectivity index (χ3v) is 5.53. The lowest BCUT2D eigenvalue weighted by molar-refractivity contribution is 0.243. The molecule has 3 heterocycles. The van der Waals surface area contributed by atoms with Gasteiger partial charge in [0, 0.05) is 73.4 Å². The Balaban J connectivity index is 1.35. The molecule has 1 aliphatic heterocycles. The van der Waals surface area contributed by atoms with Crippen molar-refractivity contribution in [2.75, 3.05) is 12.3 Å². The number of rotatable bonds is 4. The second kappa shape index (κ2) is 7.72. The first-order valence-corrected chi connectivity index (χ1v) is 10.2. The maximum Gasteiger partial charge on any atom is 0.159 e. The van der Waals surface area contributed by atoms with E-state index in [2.05, 4.69) is 40.3 Å². The van der Waals surface area contributed by atoms with Crippen LogP contribution in [0.25, 0.3) is 22.6 Å². The smallest absolute Gasteiger partial charge is 0.159 e. The first-order chi connectivity index (χ1) is 14.7. The molecular weight excluding hydrogens is 372 g/mol. The van der Waals surface area contributed by atoms with E-state index in [1.165, 1.54) is 11.1 Å². The summed E-state index contributed by atoms with van der Waals surface area (Å²) in [5.74, 6) is 0.765. The van der Waals surface area contributed by atoms with Crippen molar-refractivity contribution < 1.29 is 0 Å². The molecule has 2 aromatic carbocycles. The van der Waals surface area contributed by atoms with Gasteiger partial charge in [-0.3, -0.25) is 9.58 Å². The third-order valence-electron chi connectivity index (χ3n) is 5.53. The Bertz CT molecular complexity index is 1160. The zero-order chi connectivity index (χ0) is 20.5. The molecule has 6 nitrogen and oxygen atoms in total. The molecule has 0 radical (unpaired) electrons. The van der Waals surface area contributed by atoms with E-state index in [0.29, 0.717) is 0 Å². The lowest BCUT2D eigenvalue weighted by atomic mass is 10.0. The minimum atomic E-state index is 0.748. The fourth-order valence-corrected chi connectivity index (χ4v) is 4.01. The molecule has 0 fully saturated rings. The van der Waals surface area contributed by atoms with Crippen molar-refractivity contribution in [2.24, 2.45) is 7.05 Å². The van der Waals surface area contributed by atoms with Crippen LogP contribution in [0.1, 0.15) is 16.8 Å². The van der Waals surface area contributed by atoms with Crippen molar-refractivity contribution in [3.8, 4) is 22.6 Å². The molecule has 0 saturated heterocycles. The van der Waals surface area contributed by atoms with Crippen molar-refractivity contribution in [3.63, 3.8) is 0 Å². The van der Waals surface area contributed by atoms with Crippen molar-refractivity contribution >= 4 is 5.69 Å². The second-order valence-electron chi connectivity index (χ2n) is 7.79. The number of nitrogens with two attached hydrogens (primary N) is 1. The Morgan fingerprint density at radius 2 is 1.80 bits per heavy atom. The van der Waals surface area contributed by atoms with E-state index in [0.717, 1.165) is 60.1 Å². The Hall–Kier alpha value is -3.51. The Kier molecular flexibility index (Phi) is 4.77. The number of fused-ring (bicyclic) bond motifs is 1. The highest BCUT2D eigenvalue weighted by Gasteiger charge is 2.21. The van der Waals surface area contributed by atoms with Crippen LogP contribution >= 0.6 is 0 Å². The summed E-state index contributed by atoms with van der Waals surface area (Å²) in [6.07, 6.45) is 5.01. The van der Waals surface area contributed by atoms with E-state index in [9.17, 15) is 0 Å². The normalized spacial score (nSPS) is 13.9. The van der Waals surface area contributed by atoms with E-state index in [1.54, 1.807) is 0 Å². The first-order valence-electron chi connectivity index (χ1n) is 10.2. The molecule has 2 aromatic heterocycles. The molecule has 0 saturated carbocycles. The average Bonchev–Trinajstić information content (AvgIpc) is 3.14. The molecule has 0 spiro atoms. The molecule has 2 N–H and O–H groups in total. The number of nitrogen functional groups attached to an aromatic ring is 1. The summed E-state index contributed by atoms with van der Waals surface area (Å²) in [5.41, 5.74) is 13.3. The molecule has 150 valence electrons. The van der Waals surface area contributed by atoms with E-state index in [4.69, 9.17) is 15.8 Å². The maximum atomic E-state index is 5.79. The van der Waals surface area contributed by atoms with Gasteiger partial charge in [-0.15, -0.1) is 0 Å². The van der Waals surface area contributed by atoms with Crippen LogP contribution in [0.15, 0.2) is 67.0 Å². The van der Waals surface area contributed by atoms with Crippen molar-refractivity contribution in [3.05, 3.63) is 83.8 Å². The van der Waals surface area contributed by atoms with Gasteiger partial charge in [0.1, 0.15) is 0 Å². The van der Waals surface area contributed by atoms with Gasteiger partial charge in [-0.25, -0.2) is 9.97 Å². The van der Waals surface area contributed by atoms with E-state index in [1.807, 2.05) is 48.3 Å². The predicted molar refractivity (Wildman–Crippen MR) is 118 cm³/mol. The third kappa shape index (κ3) is 3.69. The molecule has 0 aliphatic carbocycles. The van der Waals surface area contributed by atoms with Gasteiger partial charge in [-0.05, 0) is 24.3 Å². The molecule has 0 amide bonds. The molecule has 4 aromatic rings. The van der Waals surface area contributed by atoms with Crippen molar-refractivity contribution in [2.45, 2.75) is 19.5 Å². The van der Waals surface area contributed by atoms with Gasteiger partial charge in [-0.1, -0.05) is 30.3 Å². The standard InChI is InChI=1S/C24H24N6/c1-29-14-20(23(28-29)17-5-3-2-4-6-17)16-30-12-11-22-19(15-30)13-26-24(27-22)18-7-9-21(25)10-8-18/h2-10,13-14H,11-12,15-16,25H2,1H3. The average molecular weight is 396 g/mol. The van der Waals surface area contributed by atoms with Crippen LogP contribution in [0.3, 0.4) is 0 Å². The number of aryl methyl sites for hydroxylation is 1. The van der Waals surface area contributed by atoms with Crippen LogP contribution in [0.5, 0.6) is 0 Å². The molecule has 30 heavy (non-hydrogen) atoms. The quantitative estimate of drug-likeness (QED) is 0.533. The topological polar surface area (TPSA) is 72.9 Å². The lowest BCUT2D eigenvalue weighted by Gasteiger charge is -2.28. The second-order valence-corrected chi connectivity index (χ2v) is 7.79. The summed E-state index contributed by atoms with van der Waals surface area (Å²) in [4.78, 5) is 11.9. The molecule has 0 unspecified atom stereocenters. The van der Waals surface area contributed by atoms with Crippen LogP contribution in [-0.4, -0.2) is 31.2 Å². The minimum Gasteiger partial charge on any atom is -0.399 e. The van der Waals surface area contributed by atoms with Crippen LogP contribution in [0.4, 0.5) is 5.69 Å². The lowest BCUT2D eigenvalue weighted by Crippen LogP contribution is -2.31. The number of hydrogen-bond donors (Lipinski definition) is 1. The van der Waals surface area contributed by atoms with E-state index >= 15 is 0 Å². The first kappa shape index (κ1) is 18.5. The Morgan fingerprint density at radius 3 is 2.60 bits per heavy atom. The summed E-state index contributed by atoms with van der Waals surface area (Å²) < 4.78 is 1.90. The number of aromatic nitrogens is 4. The summed E-state index contributed by atoms with van der Waals surface area (Å²) in [7, 11) is 1.98. The number of benzene rings is 2. The van der Waals surface area contributed by atoms with Crippen LogP contribution in [-0.2, 0) is 26.6 Å². The Morgan fingerprint density at radius 1 is 1.00 bits per heavy atom.